The van der Waals surface area contributed by atoms with E-state index in [4.69, 9.17) is 5.73 Å². The number of ketones is 2. The third kappa shape index (κ3) is 1.62. The van der Waals surface area contributed by atoms with Crippen molar-refractivity contribution in [1.29, 1.82) is 0 Å². The van der Waals surface area contributed by atoms with E-state index in [1.54, 1.807) is 24.3 Å². The standard InChI is InChI=1S/C12H11NO2/c13-6-5-8-7-11(14)9-3-1-2-4-10(9)12(8)15/h1-4,7H,5-6,13H2. The van der Waals surface area contributed by atoms with Gasteiger partial charge in [0.05, 0.1) is 0 Å². The SMILES string of the molecule is NCCC1=CC(=O)c2ccccc2C1=O. The van der Waals surface area contributed by atoms with E-state index in [9.17, 15) is 9.59 Å². The fraction of sp³-hybridized carbons (Fsp3) is 0.167. The average Bonchev–Trinajstić information content (AvgIpc) is 2.26. The first-order valence-electron chi connectivity index (χ1n) is 4.82. The summed E-state index contributed by atoms with van der Waals surface area (Å²) >= 11 is 0. The highest BCUT2D eigenvalue weighted by atomic mass is 16.1. The molecule has 0 fully saturated rings. The van der Waals surface area contributed by atoms with Gasteiger partial charge < -0.3 is 5.73 Å². The highest BCUT2D eigenvalue weighted by Crippen LogP contribution is 2.22. The molecule has 2 rings (SSSR count). The zero-order valence-electron chi connectivity index (χ0n) is 8.19. The van der Waals surface area contributed by atoms with Gasteiger partial charge in [0.1, 0.15) is 0 Å². The number of benzene rings is 1. The number of rotatable bonds is 2. The molecule has 15 heavy (non-hydrogen) atoms. The van der Waals surface area contributed by atoms with E-state index >= 15 is 0 Å². The van der Waals surface area contributed by atoms with Crippen LogP contribution in [0.2, 0.25) is 0 Å². The molecule has 1 aromatic carbocycles. The highest BCUT2D eigenvalue weighted by Gasteiger charge is 2.23. The van der Waals surface area contributed by atoms with Gasteiger partial charge in [0, 0.05) is 16.7 Å². The van der Waals surface area contributed by atoms with Crippen LogP contribution in [0, 0.1) is 0 Å². The van der Waals surface area contributed by atoms with Crippen molar-refractivity contribution in [2.45, 2.75) is 6.42 Å². The molecule has 0 aromatic heterocycles. The molecule has 0 atom stereocenters. The van der Waals surface area contributed by atoms with Crippen LogP contribution in [0.25, 0.3) is 0 Å². The van der Waals surface area contributed by atoms with E-state index in [0.717, 1.165) is 0 Å². The lowest BCUT2D eigenvalue weighted by molar-refractivity contribution is 0.0981. The second kappa shape index (κ2) is 3.79. The minimum Gasteiger partial charge on any atom is -0.330 e. The van der Waals surface area contributed by atoms with Gasteiger partial charge in [0.25, 0.3) is 0 Å². The Balaban J connectivity index is 2.49. The van der Waals surface area contributed by atoms with Crippen molar-refractivity contribution >= 4 is 11.6 Å². The quantitative estimate of drug-likeness (QED) is 0.785. The van der Waals surface area contributed by atoms with Crippen LogP contribution in [0.15, 0.2) is 35.9 Å². The fourth-order valence-electron chi connectivity index (χ4n) is 1.71. The molecule has 0 spiro atoms. The Morgan fingerprint density at radius 1 is 1.07 bits per heavy atom. The molecule has 0 bridgehead atoms. The normalized spacial score (nSPS) is 14.9. The molecule has 0 saturated carbocycles. The van der Waals surface area contributed by atoms with Crippen molar-refractivity contribution in [3.63, 3.8) is 0 Å². The van der Waals surface area contributed by atoms with Crippen molar-refractivity contribution in [2.75, 3.05) is 6.54 Å². The van der Waals surface area contributed by atoms with Crippen molar-refractivity contribution in [2.24, 2.45) is 5.73 Å². The van der Waals surface area contributed by atoms with Gasteiger partial charge in [-0.1, -0.05) is 24.3 Å². The Hall–Kier alpha value is -1.74. The summed E-state index contributed by atoms with van der Waals surface area (Å²) in [5, 5.41) is 0. The molecule has 3 heteroatoms. The largest absolute Gasteiger partial charge is 0.330 e. The van der Waals surface area contributed by atoms with Crippen LogP contribution in [0.3, 0.4) is 0 Å². The number of hydrogen-bond donors (Lipinski definition) is 1. The summed E-state index contributed by atoms with van der Waals surface area (Å²) in [6.07, 6.45) is 1.86. The first-order chi connectivity index (χ1) is 7.24. The van der Waals surface area contributed by atoms with Crippen molar-refractivity contribution < 1.29 is 9.59 Å². The average molecular weight is 201 g/mol. The van der Waals surface area contributed by atoms with E-state index in [-0.39, 0.29) is 11.6 Å². The van der Waals surface area contributed by atoms with Crippen LogP contribution in [-0.2, 0) is 0 Å². The molecule has 1 aromatic rings. The maximum absolute atomic E-state index is 11.9. The fourth-order valence-corrected chi connectivity index (χ4v) is 1.71. The van der Waals surface area contributed by atoms with E-state index < -0.39 is 0 Å². The smallest absolute Gasteiger partial charge is 0.189 e. The minimum absolute atomic E-state index is 0.0735. The molecule has 0 saturated heterocycles. The van der Waals surface area contributed by atoms with E-state index in [1.807, 2.05) is 0 Å². The van der Waals surface area contributed by atoms with Gasteiger partial charge in [0.15, 0.2) is 11.6 Å². The molecule has 2 N–H and O–H groups in total. The van der Waals surface area contributed by atoms with Gasteiger partial charge in [-0.2, -0.15) is 0 Å². The third-order valence-corrected chi connectivity index (χ3v) is 2.45. The van der Waals surface area contributed by atoms with Gasteiger partial charge in [0.2, 0.25) is 0 Å². The summed E-state index contributed by atoms with van der Waals surface area (Å²) in [5.41, 5.74) is 6.88. The molecule has 0 unspecified atom stereocenters. The summed E-state index contributed by atoms with van der Waals surface area (Å²) in [4.78, 5) is 23.5. The monoisotopic (exact) mass is 201 g/mol. The summed E-state index contributed by atoms with van der Waals surface area (Å²) < 4.78 is 0. The van der Waals surface area contributed by atoms with Gasteiger partial charge in [-0.15, -0.1) is 0 Å². The number of fused-ring (bicyclic) bond motifs is 1. The second-order valence-corrected chi connectivity index (χ2v) is 3.45. The van der Waals surface area contributed by atoms with E-state index in [0.29, 0.717) is 29.7 Å². The predicted molar refractivity (Wildman–Crippen MR) is 56.9 cm³/mol. The van der Waals surface area contributed by atoms with Crippen LogP contribution >= 0.6 is 0 Å². The van der Waals surface area contributed by atoms with E-state index in [2.05, 4.69) is 0 Å². The molecule has 0 amide bonds. The minimum atomic E-state index is -0.103. The number of nitrogens with two attached hydrogens (primary N) is 1. The summed E-state index contributed by atoms with van der Waals surface area (Å²) in [6, 6.07) is 6.87. The van der Waals surface area contributed by atoms with E-state index in [1.165, 1.54) is 6.08 Å². The first kappa shape index (κ1) is 9.80. The summed E-state index contributed by atoms with van der Waals surface area (Å²) in [7, 11) is 0. The van der Waals surface area contributed by atoms with Crippen LogP contribution in [0.5, 0.6) is 0 Å². The molecule has 0 heterocycles. The van der Waals surface area contributed by atoms with Crippen molar-refractivity contribution in [3.8, 4) is 0 Å². The molecule has 1 aliphatic carbocycles. The first-order valence-corrected chi connectivity index (χ1v) is 4.82. The molecular weight excluding hydrogens is 190 g/mol. The number of carbonyl (C=O) groups excluding carboxylic acids is 2. The van der Waals surface area contributed by atoms with Crippen LogP contribution < -0.4 is 5.73 Å². The maximum Gasteiger partial charge on any atom is 0.189 e. The number of allylic oxidation sites excluding steroid dienone is 1. The lowest BCUT2D eigenvalue weighted by atomic mass is 9.88. The number of hydrogen-bond acceptors (Lipinski definition) is 3. The molecule has 0 aliphatic heterocycles. The number of carbonyl (C=O) groups is 2. The zero-order valence-corrected chi connectivity index (χ0v) is 8.19. The summed E-state index contributed by atoms with van der Waals surface area (Å²) in [5.74, 6) is -0.177. The lowest BCUT2D eigenvalue weighted by Gasteiger charge is -2.13. The Morgan fingerprint density at radius 2 is 1.73 bits per heavy atom. The van der Waals surface area contributed by atoms with Crippen LogP contribution in [0.1, 0.15) is 27.1 Å². The predicted octanol–water partition coefficient (Wildman–Crippen LogP) is 1.34. The second-order valence-electron chi connectivity index (χ2n) is 3.45. The number of Topliss-reactive ketones (excluding diaryl/α,β-unsaturated/α-hetero) is 1. The van der Waals surface area contributed by atoms with Crippen LogP contribution in [0.4, 0.5) is 0 Å². The molecule has 1 aliphatic rings. The Morgan fingerprint density at radius 3 is 2.40 bits per heavy atom. The molecule has 3 nitrogen and oxygen atoms in total. The molecule has 76 valence electrons. The van der Waals surface area contributed by atoms with Gasteiger partial charge >= 0.3 is 0 Å². The van der Waals surface area contributed by atoms with Crippen molar-refractivity contribution in [1.82, 2.24) is 0 Å². The molecule has 0 radical (unpaired) electrons. The van der Waals surface area contributed by atoms with Crippen LogP contribution in [-0.4, -0.2) is 18.1 Å². The Bertz CT molecular complexity index is 460. The molecular formula is C12H11NO2. The lowest BCUT2D eigenvalue weighted by Crippen LogP contribution is -2.18. The summed E-state index contributed by atoms with van der Waals surface area (Å²) in [6.45, 7) is 0.382. The Labute approximate surface area is 87.6 Å². The topological polar surface area (TPSA) is 60.2 Å². The van der Waals surface area contributed by atoms with Gasteiger partial charge in [-0.3, -0.25) is 9.59 Å². The van der Waals surface area contributed by atoms with Gasteiger partial charge in [-0.25, -0.2) is 0 Å². The van der Waals surface area contributed by atoms with Gasteiger partial charge in [-0.05, 0) is 19.0 Å². The maximum atomic E-state index is 11.9. The van der Waals surface area contributed by atoms with Crippen molar-refractivity contribution in [3.05, 3.63) is 47.0 Å². The zero-order chi connectivity index (χ0) is 10.8. The Kier molecular flexibility index (Phi) is 2.47. The highest BCUT2D eigenvalue weighted by molar-refractivity contribution is 6.24. The third-order valence-electron chi connectivity index (χ3n) is 2.45.